The molecule has 0 aromatic carbocycles. The second kappa shape index (κ2) is 6.05. The first-order valence-corrected chi connectivity index (χ1v) is 7.36. The smallest absolute Gasteiger partial charge is 0.410 e. The Morgan fingerprint density at radius 1 is 1.24 bits per heavy atom. The first kappa shape index (κ1) is 15.8. The highest BCUT2D eigenvalue weighted by atomic mass is 35.5. The Hall–Kier alpha value is -1.56. The van der Waals surface area contributed by atoms with Crippen LogP contribution in [-0.2, 0) is 4.74 Å². The summed E-state index contributed by atoms with van der Waals surface area (Å²) in [5.74, 6) is 0.615. The Morgan fingerprint density at radius 3 is 2.38 bits per heavy atom. The zero-order chi connectivity index (χ0) is 15.6. The molecule has 0 spiro atoms. The summed E-state index contributed by atoms with van der Waals surface area (Å²) < 4.78 is 5.37. The van der Waals surface area contributed by atoms with Crippen molar-refractivity contribution < 1.29 is 9.53 Å². The highest BCUT2D eigenvalue weighted by Crippen LogP contribution is 2.17. The lowest BCUT2D eigenvalue weighted by atomic mass is 10.2. The molecule has 6 nitrogen and oxygen atoms in total. The minimum Gasteiger partial charge on any atom is -0.444 e. The van der Waals surface area contributed by atoms with E-state index < -0.39 is 5.60 Å². The molecule has 116 valence electrons. The standard InChI is InChI=1S/C14H21ClN4O2/c1-10-9-11(15)17-12(16-10)18-5-7-19(8-6-18)13(20)21-14(2,3)4/h9H,5-8H2,1-4H3. The van der Waals surface area contributed by atoms with Crippen LogP contribution in [0.15, 0.2) is 6.07 Å². The molecule has 1 aromatic rings. The van der Waals surface area contributed by atoms with Crippen molar-refractivity contribution in [2.45, 2.75) is 33.3 Å². The van der Waals surface area contributed by atoms with E-state index in [9.17, 15) is 4.79 Å². The van der Waals surface area contributed by atoms with Crippen LogP contribution in [0.2, 0.25) is 5.15 Å². The molecular weight excluding hydrogens is 292 g/mol. The van der Waals surface area contributed by atoms with Crippen molar-refractivity contribution in [3.8, 4) is 0 Å². The summed E-state index contributed by atoms with van der Waals surface area (Å²) in [6, 6.07) is 1.72. The van der Waals surface area contributed by atoms with Gasteiger partial charge in [-0.15, -0.1) is 0 Å². The summed E-state index contributed by atoms with van der Waals surface area (Å²) >= 11 is 5.96. The van der Waals surface area contributed by atoms with Crippen molar-refractivity contribution in [3.05, 3.63) is 16.9 Å². The van der Waals surface area contributed by atoms with Gasteiger partial charge in [0.1, 0.15) is 10.8 Å². The average molecular weight is 313 g/mol. The number of piperazine rings is 1. The second-order valence-corrected chi connectivity index (χ2v) is 6.47. The Morgan fingerprint density at radius 2 is 1.86 bits per heavy atom. The van der Waals surface area contributed by atoms with Gasteiger partial charge in [-0.25, -0.2) is 14.8 Å². The number of halogens is 1. The largest absolute Gasteiger partial charge is 0.444 e. The zero-order valence-electron chi connectivity index (χ0n) is 12.9. The minimum absolute atomic E-state index is 0.273. The van der Waals surface area contributed by atoms with Crippen LogP contribution in [0.25, 0.3) is 0 Å². The van der Waals surface area contributed by atoms with Crippen LogP contribution >= 0.6 is 11.6 Å². The van der Waals surface area contributed by atoms with Gasteiger partial charge in [-0.2, -0.15) is 0 Å². The fourth-order valence-electron chi connectivity index (χ4n) is 2.07. The highest BCUT2D eigenvalue weighted by Gasteiger charge is 2.26. The molecule has 1 aliphatic rings. The summed E-state index contributed by atoms with van der Waals surface area (Å²) in [5, 5.41) is 0.437. The van der Waals surface area contributed by atoms with Gasteiger partial charge in [0.15, 0.2) is 0 Å². The van der Waals surface area contributed by atoms with Gasteiger partial charge in [0, 0.05) is 31.9 Å². The van der Waals surface area contributed by atoms with E-state index in [0.29, 0.717) is 37.3 Å². The molecule has 21 heavy (non-hydrogen) atoms. The quantitative estimate of drug-likeness (QED) is 0.746. The number of hydrogen-bond donors (Lipinski definition) is 0. The molecule has 0 aliphatic carbocycles. The maximum absolute atomic E-state index is 12.0. The predicted molar refractivity (Wildman–Crippen MR) is 81.8 cm³/mol. The van der Waals surface area contributed by atoms with E-state index in [1.807, 2.05) is 32.6 Å². The Labute approximate surface area is 130 Å². The number of hydrogen-bond acceptors (Lipinski definition) is 5. The number of carbonyl (C=O) groups excluding carboxylic acids is 1. The lowest BCUT2D eigenvalue weighted by Crippen LogP contribution is -2.50. The molecule has 0 atom stereocenters. The molecule has 7 heteroatoms. The van der Waals surface area contributed by atoms with E-state index in [-0.39, 0.29) is 6.09 Å². The number of aromatic nitrogens is 2. The molecule has 0 radical (unpaired) electrons. The predicted octanol–water partition coefficient (Wildman–Crippen LogP) is 2.50. The third kappa shape index (κ3) is 4.46. The van der Waals surface area contributed by atoms with Crippen molar-refractivity contribution >= 4 is 23.6 Å². The van der Waals surface area contributed by atoms with Gasteiger partial charge >= 0.3 is 6.09 Å². The Bertz CT molecular complexity index is 502. The number of nitrogens with zero attached hydrogens (tertiary/aromatic N) is 4. The van der Waals surface area contributed by atoms with E-state index in [2.05, 4.69) is 9.97 Å². The molecule has 1 saturated heterocycles. The number of anilines is 1. The van der Waals surface area contributed by atoms with Crippen molar-refractivity contribution in [1.29, 1.82) is 0 Å². The van der Waals surface area contributed by atoms with Gasteiger partial charge in [-0.1, -0.05) is 11.6 Å². The van der Waals surface area contributed by atoms with Gasteiger partial charge in [-0.05, 0) is 33.8 Å². The average Bonchev–Trinajstić information content (AvgIpc) is 2.35. The van der Waals surface area contributed by atoms with Crippen LogP contribution in [0.5, 0.6) is 0 Å². The summed E-state index contributed by atoms with van der Waals surface area (Å²) in [4.78, 5) is 24.3. The van der Waals surface area contributed by atoms with Crippen LogP contribution in [0, 0.1) is 6.92 Å². The number of amides is 1. The van der Waals surface area contributed by atoms with Gasteiger partial charge in [0.25, 0.3) is 0 Å². The van der Waals surface area contributed by atoms with Crippen molar-refractivity contribution in [1.82, 2.24) is 14.9 Å². The lowest BCUT2D eigenvalue weighted by molar-refractivity contribution is 0.0240. The molecule has 1 amide bonds. The molecular formula is C14H21ClN4O2. The van der Waals surface area contributed by atoms with Crippen LogP contribution in [-0.4, -0.2) is 52.7 Å². The highest BCUT2D eigenvalue weighted by molar-refractivity contribution is 6.29. The van der Waals surface area contributed by atoms with Gasteiger partial charge in [0.2, 0.25) is 5.95 Å². The van der Waals surface area contributed by atoms with Crippen molar-refractivity contribution in [2.75, 3.05) is 31.1 Å². The maximum Gasteiger partial charge on any atom is 0.410 e. The molecule has 1 aliphatic heterocycles. The van der Waals surface area contributed by atoms with E-state index in [1.54, 1.807) is 11.0 Å². The van der Waals surface area contributed by atoms with Gasteiger partial charge in [0.05, 0.1) is 0 Å². The fraction of sp³-hybridized carbons (Fsp3) is 0.643. The van der Waals surface area contributed by atoms with E-state index in [4.69, 9.17) is 16.3 Å². The topological polar surface area (TPSA) is 58.6 Å². The molecule has 1 fully saturated rings. The molecule has 0 unspecified atom stereocenters. The van der Waals surface area contributed by atoms with Crippen LogP contribution in [0.3, 0.4) is 0 Å². The number of carbonyl (C=O) groups is 1. The van der Waals surface area contributed by atoms with E-state index >= 15 is 0 Å². The zero-order valence-corrected chi connectivity index (χ0v) is 13.6. The number of aryl methyl sites for hydroxylation is 1. The molecule has 1 aromatic heterocycles. The van der Waals surface area contributed by atoms with E-state index in [1.165, 1.54) is 0 Å². The van der Waals surface area contributed by atoms with E-state index in [0.717, 1.165) is 5.69 Å². The van der Waals surface area contributed by atoms with Crippen LogP contribution in [0.1, 0.15) is 26.5 Å². The van der Waals surface area contributed by atoms with Crippen molar-refractivity contribution in [3.63, 3.8) is 0 Å². The normalized spacial score (nSPS) is 16.0. The summed E-state index contributed by atoms with van der Waals surface area (Å²) in [5.41, 5.74) is 0.362. The molecule has 0 N–H and O–H groups in total. The third-order valence-corrected chi connectivity index (χ3v) is 3.22. The number of rotatable bonds is 1. The van der Waals surface area contributed by atoms with Crippen molar-refractivity contribution in [2.24, 2.45) is 0 Å². The maximum atomic E-state index is 12.0. The third-order valence-electron chi connectivity index (χ3n) is 3.03. The lowest BCUT2D eigenvalue weighted by Gasteiger charge is -2.35. The molecule has 2 heterocycles. The van der Waals surface area contributed by atoms with Crippen LogP contribution < -0.4 is 4.90 Å². The first-order chi connectivity index (χ1) is 9.74. The summed E-state index contributed by atoms with van der Waals surface area (Å²) in [6.07, 6.45) is -0.273. The Kier molecular flexibility index (Phi) is 4.56. The monoisotopic (exact) mass is 312 g/mol. The first-order valence-electron chi connectivity index (χ1n) is 6.99. The fourth-order valence-corrected chi connectivity index (χ4v) is 2.31. The van der Waals surface area contributed by atoms with Crippen LogP contribution in [0.4, 0.5) is 10.7 Å². The number of ether oxygens (including phenoxy) is 1. The SMILES string of the molecule is Cc1cc(Cl)nc(N2CCN(C(=O)OC(C)(C)C)CC2)n1. The molecule has 0 saturated carbocycles. The summed E-state index contributed by atoms with van der Waals surface area (Å²) in [7, 11) is 0. The summed E-state index contributed by atoms with van der Waals surface area (Å²) in [6.45, 7) is 9.98. The van der Waals surface area contributed by atoms with Gasteiger partial charge in [-0.3, -0.25) is 0 Å². The van der Waals surface area contributed by atoms with Gasteiger partial charge < -0.3 is 14.5 Å². The molecule has 0 bridgehead atoms. The second-order valence-electron chi connectivity index (χ2n) is 6.09. The Balaban J connectivity index is 1.95. The minimum atomic E-state index is -0.471. The molecule has 2 rings (SSSR count).